The van der Waals surface area contributed by atoms with Crippen LogP contribution in [0.2, 0.25) is 0 Å². The van der Waals surface area contributed by atoms with Gasteiger partial charge in [0.1, 0.15) is 0 Å². The van der Waals surface area contributed by atoms with Crippen LogP contribution < -0.4 is 5.32 Å². The number of hydrogen-bond donors (Lipinski definition) is 1. The molecule has 94 valence electrons. The highest BCUT2D eigenvalue weighted by Crippen LogP contribution is 2.26. The minimum Gasteiger partial charge on any atom is -0.306 e. The molecule has 3 rings (SSSR count). The summed E-state index contributed by atoms with van der Waals surface area (Å²) in [6, 6.07) is 5.02. The van der Waals surface area contributed by atoms with Gasteiger partial charge in [-0.15, -0.1) is 0 Å². The molecule has 0 bridgehead atoms. The van der Waals surface area contributed by atoms with Gasteiger partial charge in [-0.25, -0.2) is 4.98 Å². The number of nitrogens with zero attached hydrogens (tertiary/aromatic N) is 3. The molecule has 0 aromatic carbocycles. The highest BCUT2D eigenvalue weighted by atomic mass is 15.1. The summed E-state index contributed by atoms with van der Waals surface area (Å²) in [6.07, 6.45) is 11.2. The fraction of sp³-hybridized carbons (Fsp3) is 0.429. The van der Waals surface area contributed by atoms with Crippen molar-refractivity contribution in [3.63, 3.8) is 0 Å². The van der Waals surface area contributed by atoms with Gasteiger partial charge in [0.2, 0.25) is 0 Å². The Morgan fingerprint density at radius 2 is 2.06 bits per heavy atom. The van der Waals surface area contributed by atoms with Gasteiger partial charge in [0.05, 0.1) is 18.2 Å². The Balaban J connectivity index is 1.92. The van der Waals surface area contributed by atoms with Crippen molar-refractivity contribution < 1.29 is 0 Å². The largest absolute Gasteiger partial charge is 0.306 e. The third-order valence-electron chi connectivity index (χ3n) is 3.58. The van der Waals surface area contributed by atoms with Gasteiger partial charge in [0.25, 0.3) is 0 Å². The van der Waals surface area contributed by atoms with Crippen LogP contribution in [0.5, 0.6) is 0 Å². The Morgan fingerprint density at radius 3 is 2.83 bits per heavy atom. The second kappa shape index (κ2) is 4.90. The van der Waals surface area contributed by atoms with Gasteiger partial charge in [-0.3, -0.25) is 4.98 Å². The standard InChI is InChI=1S/C14H18N4/c1-11-3-2-4-13(17-11)14-9-16-10-18(14)12-5-7-15-8-6-12/h5-11,13,17H,2-4H2,1H3. The number of piperidine rings is 1. The third-order valence-corrected chi connectivity index (χ3v) is 3.58. The average Bonchev–Trinajstić information content (AvgIpc) is 2.89. The van der Waals surface area contributed by atoms with Gasteiger partial charge < -0.3 is 9.88 Å². The van der Waals surface area contributed by atoms with Gasteiger partial charge in [-0.1, -0.05) is 0 Å². The van der Waals surface area contributed by atoms with E-state index in [-0.39, 0.29) is 0 Å². The quantitative estimate of drug-likeness (QED) is 0.879. The lowest BCUT2D eigenvalue weighted by molar-refractivity contribution is 0.334. The molecule has 2 unspecified atom stereocenters. The van der Waals surface area contributed by atoms with Crippen molar-refractivity contribution in [3.8, 4) is 5.69 Å². The number of imidazole rings is 1. The van der Waals surface area contributed by atoms with E-state index in [0.717, 1.165) is 5.69 Å². The fourth-order valence-corrected chi connectivity index (χ4v) is 2.66. The minimum atomic E-state index is 0.407. The second-order valence-electron chi connectivity index (χ2n) is 4.95. The summed E-state index contributed by atoms with van der Waals surface area (Å²) in [4.78, 5) is 8.36. The lowest BCUT2D eigenvalue weighted by Gasteiger charge is -2.29. The van der Waals surface area contributed by atoms with Crippen LogP contribution >= 0.6 is 0 Å². The Labute approximate surface area is 107 Å². The van der Waals surface area contributed by atoms with Crippen molar-refractivity contribution >= 4 is 0 Å². The fourth-order valence-electron chi connectivity index (χ4n) is 2.66. The van der Waals surface area contributed by atoms with Crippen LogP contribution in [0.4, 0.5) is 0 Å². The molecule has 0 amide bonds. The van der Waals surface area contributed by atoms with Gasteiger partial charge in [-0.2, -0.15) is 0 Å². The van der Waals surface area contributed by atoms with Gasteiger partial charge in [-0.05, 0) is 38.3 Å². The number of aromatic nitrogens is 3. The van der Waals surface area contributed by atoms with Gasteiger partial charge >= 0.3 is 0 Å². The molecule has 1 saturated heterocycles. The lowest BCUT2D eigenvalue weighted by atomic mass is 9.97. The number of rotatable bonds is 2. The van der Waals surface area contributed by atoms with Crippen molar-refractivity contribution in [3.05, 3.63) is 42.7 Å². The zero-order chi connectivity index (χ0) is 12.4. The number of pyridine rings is 1. The molecule has 2 aromatic heterocycles. The molecule has 1 aliphatic heterocycles. The zero-order valence-corrected chi connectivity index (χ0v) is 10.6. The summed E-state index contributed by atoms with van der Waals surface area (Å²) in [5.41, 5.74) is 2.37. The first-order valence-electron chi connectivity index (χ1n) is 6.53. The molecule has 2 atom stereocenters. The highest BCUT2D eigenvalue weighted by Gasteiger charge is 2.22. The van der Waals surface area contributed by atoms with Crippen LogP contribution in [0.1, 0.15) is 37.9 Å². The second-order valence-corrected chi connectivity index (χ2v) is 4.95. The Bertz CT molecular complexity index is 506. The molecule has 0 aliphatic carbocycles. The predicted octanol–water partition coefficient (Wildman–Crippen LogP) is 2.47. The average molecular weight is 242 g/mol. The monoisotopic (exact) mass is 242 g/mol. The SMILES string of the molecule is CC1CCCC(c2cncn2-c2ccncc2)N1. The van der Waals surface area contributed by atoms with Crippen molar-refractivity contribution in [1.29, 1.82) is 0 Å². The molecular weight excluding hydrogens is 224 g/mol. The highest BCUT2D eigenvalue weighted by molar-refractivity contribution is 5.32. The summed E-state index contributed by atoms with van der Waals surface area (Å²) < 4.78 is 2.15. The molecule has 3 heterocycles. The summed E-state index contributed by atoms with van der Waals surface area (Å²) >= 11 is 0. The maximum Gasteiger partial charge on any atom is 0.0994 e. The first-order chi connectivity index (χ1) is 8.84. The van der Waals surface area contributed by atoms with E-state index in [9.17, 15) is 0 Å². The molecule has 4 nitrogen and oxygen atoms in total. The molecule has 0 saturated carbocycles. The van der Waals surface area contributed by atoms with Crippen molar-refractivity contribution in [2.45, 2.75) is 38.3 Å². The molecule has 1 fully saturated rings. The molecule has 4 heteroatoms. The number of hydrogen-bond acceptors (Lipinski definition) is 3. The van der Waals surface area contributed by atoms with E-state index in [1.807, 2.05) is 37.1 Å². The van der Waals surface area contributed by atoms with Crippen LogP contribution in [0, 0.1) is 0 Å². The Kier molecular flexibility index (Phi) is 3.11. The lowest BCUT2D eigenvalue weighted by Crippen LogP contribution is -2.35. The molecule has 18 heavy (non-hydrogen) atoms. The zero-order valence-electron chi connectivity index (χ0n) is 10.6. The molecule has 2 aromatic rings. The van der Waals surface area contributed by atoms with E-state index in [1.54, 1.807) is 0 Å². The summed E-state index contributed by atoms with van der Waals surface area (Å²) in [7, 11) is 0. The van der Waals surface area contributed by atoms with E-state index in [0.29, 0.717) is 12.1 Å². The summed E-state index contributed by atoms with van der Waals surface area (Å²) in [5.74, 6) is 0. The summed E-state index contributed by atoms with van der Waals surface area (Å²) in [6.45, 7) is 2.25. The van der Waals surface area contributed by atoms with Crippen molar-refractivity contribution in [1.82, 2.24) is 19.9 Å². The van der Waals surface area contributed by atoms with Gasteiger partial charge in [0.15, 0.2) is 0 Å². The van der Waals surface area contributed by atoms with Crippen LogP contribution in [-0.2, 0) is 0 Å². The maximum absolute atomic E-state index is 4.30. The number of nitrogens with one attached hydrogen (secondary N) is 1. The van der Waals surface area contributed by atoms with Crippen LogP contribution in [0.3, 0.4) is 0 Å². The van der Waals surface area contributed by atoms with E-state index < -0.39 is 0 Å². The predicted molar refractivity (Wildman–Crippen MR) is 70.5 cm³/mol. The third kappa shape index (κ3) is 2.16. The smallest absolute Gasteiger partial charge is 0.0994 e. The molecular formula is C14H18N4. The summed E-state index contributed by atoms with van der Waals surface area (Å²) in [5, 5.41) is 3.65. The first-order valence-corrected chi connectivity index (χ1v) is 6.53. The van der Waals surface area contributed by atoms with Crippen molar-refractivity contribution in [2.24, 2.45) is 0 Å². The Hall–Kier alpha value is -1.68. The van der Waals surface area contributed by atoms with Crippen LogP contribution in [-0.4, -0.2) is 20.6 Å². The minimum absolute atomic E-state index is 0.407. The van der Waals surface area contributed by atoms with E-state index in [1.165, 1.54) is 25.0 Å². The molecule has 1 aliphatic rings. The van der Waals surface area contributed by atoms with E-state index in [2.05, 4.69) is 26.8 Å². The first kappa shape index (κ1) is 11.4. The van der Waals surface area contributed by atoms with E-state index >= 15 is 0 Å². The van der Waals surface area contributed by atoms with Crippen LogP contribution in [0.25, 0.3) is 5.69 Å². The topological polar surface area (TPSA) is 42.7 Å². The Morgan fingerprint density at radius 1 is 1.22 bits per heavy atom. The molecule has 0 spiro atoms. The molecule has 1 N–H and O–H groups in total. The normalized spacial score (nSPS) is 24.1. The van der Waals surface area contributed by atoms with Gasteiger partial charge in [0, 0.05) is 30.2 Å². The van der Waals surface area contributed by atoms with Crippen molar-refractivity contribution in [2.75, 3.05) is 0 Å². The van der Waals surface area contributed by atoms with Crippen LogP contribution in [0.15, 0.2) is 37.1 Å². The molecule has 0 radical (unpaired) electrons. The maximum atomic E-state index is 4.30. The van der Waals surface area contributed by atoms with E-state index in [4.69, 9.17) is 0 Å².